The Morgan fingerprint density at radius 2 is 1.85 bits per heavy atom. The standard InChI is InChI=1S/C16H23NO3/c1-20-15-8-7-13(11-14(15)16(18)19)12-17-9-5-3-2-4-6-10-17/h7-8,11H,2-6,9-10,12H2,1H3,(H,18,19). The second-order valence-corrected chi connectivity index (χ2v) is 5.38. The molecule has 0 bridgehead atoms. The van der Waals surface area contributed by atoms with E-state index >= 15 is 0 Å². The van der Waals surface area contributed by atoms with Crippen LogP contribution in [0.1, 0.15) is 48.0 Å². The van der Waals surface area contributed by atoms with Crippen LogP contribution in [0.2, 0.25) is 0 Å². The van der Waals surface area contributed by atoms with Gasteiger partial charge in [-0.2, -0.15) is 0 Å². The smallest absolute Gasteiger partial charge is 0.339 e. The Morgan fingerprint density at radius 3 is 2.45 bits per heavy atom. The van der Waals surface area contributed by atoms with Crippen LogP contribution >= 0.6 is 0 Å². The highest BCUT2D eigenvalue weighted by molar-refractivity contribution is 5.91. The SMILES string of the molecule is COc1ccc(CN2CCCCCCC2)cc1C(=O)O. The van der Waals surface area contributed by atoms with Crippen LogP contribution in [0.25, 0.3) is 0 Å². The van der Waals surface area contributed by atoms with Crippen molar-refractivity contribution < 1.29 is 14.6 Å². The average Bonchev–Trinajstić information content (AvgIpc) is 2.41. The lowest BCUT2D eigenvalue weighted by atomic mass is 10.1. The zero-order valence-electron chi connectivity index (χ0n) is 12.1. The predicted octanol–water partition coefficient (Wildman–Crippen LogP) is 3.16. The highest BCUT2D eigenvalue weighted by Crippen LogP contribution is 2.21. The van der Waals surface area contributed by atoms with Crippen molar-refractivity contribution in [2.45, 2.75) is 38.6 Å². The first-order valence-corrected chi connectivity index (χ1v) is 7.33. The first-order valence-electron chi connectivity index (χ1n) is 7.33. The number of carboxylic acid groups (broad SMARTS) is 1. The fourth-order valence-electron chi connectivity index (χ4n) is 2.75. The minimum absolute atomic E-state index is 0.247. The van der Waals surface area contributed by atoms with E-state index in [0.29, 0.717) is 5.75 Å². The van der Waals surface area contributed by atoms with E-state index in [4.69, 9.17) is 4.74 Å². The van der Waals surface area contributed by atoms with E-state index in [0.717, 1.165) is 25.2 Å². The molecular weight excluding hydrogens is 254 g/mol. The van der Waals surface area contributed by atoms with E-state index < -0.39 is 5.97 Å². The van der Waals surface area contributed by atoms with Crippen LogP contribution in [0.3, 0.4) is 0 Å². The first kappa shape index (κ1) is 14.9. The Morgan fingerprint density at radius 1 is 1.20 bits per heavy atom. The van der Waals surface area contributed by atoms with E-state index in [2.05, 4.69) is 4.90 Å². The molecule has 0 aliphatic carbocycles. The summed E-state index contributed by atoms with van der Waals surface area (Å²) in [6.07, 6.45) is 6.43. The Balaban J connectivity index is 2.08. The first-order chi connectivity index (χ1) is 9.70. The van der Waals surface area contributed by atoms with Crippen molar-refractivity contribution in [1.82, 2.24) is 4.90 Å². The molecule has 0 atom stereocenters. The van der Waals surface area contributed by atoms with E-state index in [9.17, 15) is 9.90 Å². The van der Waals surface area contributed by atoms with Gasteiger partial charge in [-0.25, -0.2) is 4.79 Å². The van der Waals surface area contributed by atoms with Gasteiger partial charge in [-0.05, 0) is 43.6 Å². The van der Waals surface area contributed by atoms with Gasteiger partial charge in [0.2, 0.25) is 0 Å². The molecular formula is C16H23NO3. The molecule has 1 aliphatic heterocycles. The van der Waals surface area contributed by atoms with Crippen molar-refractivity contribution in [2.24, 2.45) is 0 Å². The van der Waals surface area contributed by atoms with E-state index in [-0.39, 0.29) is 5.56 Å². The number of likely N-dealkylation sites (tertiary alicyclic amines) is 1. The van der Waals surface area contributed by atoms with Gasteiger partial charge in [0, 0.05) is 6.54 Å². The third kappa shape index (κ3) is 3.97. The summed E-state index contributed by atoms with van der Waals surface area (Å²) in [6, 6.07) is 5.45. The number of carboxylic acids is 1. The van der Waals surface area contributed by atoms with Crippen molar-refractivity contribution in [3.05, 3.63) is 29.3 Å². The quantitative estimate of drug-likeness (QED) is 0.918. The van der Waals surface area contributed by atoms with Crippen LogP contribution in [0.4, 0.5) is 0 Å². The molecule has 110 valence electrons. The highest BCUT2D eigenvalue weighted by atomic mass is 16.5. The molecule has 1 aromatic rings. The number of methoxy groups -OCH3 is 1. The van der Waals surface area contributed by atoms with Gasteiger partial charge < -0.3 is 9.84 Å². The summed E-state index contributed by atoms with van der Waals surface area (Å²) in [5.41, 5.74) is 1.29. The van der Waals surface area contributed by atoms with Crippen LogP contribution in [0, 0.1) is 0 Å². The van der Waals surface area contributed by atoms with Gasteiger partial charge in [-0.15, -0.1) is 0 Å². The Kier molecular flexibility index (Phi) is 5.41. The van der Waals surface area contributed by atoms with Crippen molar-refractivity contribution in [2.75, 3.05) is 20.2 Å². The number of ether oxygens (including phenoxy) is 1. The molecule has 4 nitrogen and oxygen atoms in total. The van der Waals surface area contributed by atoms with E-state index in [1.54, 1.807) is 12.1 Å². The van der Waals surface area contributed by atoms with Gasteiger partial charge in [-0.3, -0.25) is 4.90 Å². The van der Waals surface area contributed by atoms with Crippen LogP contribution in [-0.2, 0) is 6.54 Å². The van der Waals surface area contributed by atoms with Crippen LogP contribution in [0.5, 0.6) is 5.75 Å². The minimum Gasteiger partial charge on any atom is -0.496 e. The molecule has 0 saturated carbocycles. The van der Waals surface area contributed by atoms with Gasteiger partial charge in [0.25, 0.3) is 0 Å². The van der Waals surface area contributed by atoms with Crippen LogP contribution in [0.15, 0.2) is 18.2 Å². The number of hydrogen-bond donors (Lipinski definition) is 1. The number of aromatic carboxylic acids is 1. The molecule has 1 fully saturated rings. The summed E-state index contributed by atoms with van der Waals surface area (Å²) < 4.78 is 5.09. The molecule has 20 heavy (non-hydrogen) atoms. The largest absolute Gasteiger partial charge is 0.496 e. The number of carbonyl (C=O) groups is 1. The molecule has 0 aromatic heterocycles. The van der Waals surface area contributed by atoms with Gasteiger partial charge in [-0.1, -0.05) is 25.3 Å². The maximum absolute atomic E-state index is 11.2. The van der Waals surface area contributed by atoms with Gasteiger partial charge in [0.05, 0.1) is 7.11 Å². The zero-order chi connectivity index (χ0) is 14.4. The second-order valence-electron chi connectivity index (χ2n) is 5.38. The summed E-state index contributed by atoms with van der Waals surface area (Å²) in [6.45, 7) is 3.03. The molecule has 2 rings (SSSR count). The highest BCUT2D eigenvalue weighted by Gasteiger charge is 2.14. The van der Waals surface area contributed by atoms with Crippen LogP contribution in [-0.4, -0.2) is 36.2 Å². The number of hydrogen-bond acceptors (Lipinski definition) is 3. The van der Waals surface area contributed by atoms with Crippen LogP contribution < -0.4 is 4.74 Å². The normalized spacial score (nSPS) is 17.2. The fourth-order valence-corrected chi connectivity index (χ4v) is 2.75. The molecule has 0 unspecified atom stereocenters. The van der Waals surface area contributed by atoms with Crippen molar-refractivity contribution in [3.63, 3.8) is 0 Å². The van der Waals surface area contributed by atoms with Gasteiger partial charge in [0.15, 0.2) is 0 Å². The second kappa shape index (κ2) is 7.29. The molecule has 1 saturated heterocycles. The Labute approximate surface area is 120 Å². The molecule has 1 aliphatic rings. The van der Waals surface area contributed by atoms with E-state index in [1.165, 1.54) is 39.2 Å². The molecule has 4 heteroatoms. The maximum Gasteiger partial charge on any atom is 0.339 e. The number of rotatable bonds is 4. The Hall–Kier alpha value is -1.55. The molecule has 1 N–H and O–H groups in total. The molecule has 1 heterocycles. The summed E-state index contributed by atoms with van der Waals surface area (Å²) in [7, 11) is 1.50. The summed E-state index contributed by atoms with van der Waals surface area (Å²) in [5.74, 6) is -0.509. The fraction of sp³-hybridized carbons (Fsp3) is 0.562. The monoisotopic (exact) mass is 277 g/mol. The molecule has 0 spiro atoms. The summed E-state index contributed by atoms with van der Waals surface area (Å²) >= 11 is 0. The van der Waals surface area contributed by atoms with E-state index in [1.807, 2.05) is 6.07 Å². The number of nitrogens with zero attached hydrogens (tertiary/aromatic N) is 1. The molecule has 1 aromatic carbocycles. The summed E-state index contributed by atoms with van der Waals surface area (Å²) in [4.78, 5) is 13.7. The number of benzene rings is 1. The lowest BCUT2D eigenvalue weighted by Crippen LogP contribution is -2.27. The minimum atomic E-state index is -0.934. The Bertz CT molecular complexity index is 451. The zero-order valence-corrected chi connectivity index (χ0v) is 12.1. The average molecular weight is 277 g/mol. The topological polar surface area (TPSA) is 49.8 Å². The van der Waals surface area contributed by atoms with Crippen molar-refractivity contribution in [3.8, 4) is 5.75 Å². The van der Waals surface area contributed by atoms with Crippen molar-refractivity contribution in [1.29, 1.82) is 0 Å². The lowest BCUT2D eigenvalue weighted by Gasteiger charge is -2.24. The van der Waals surface area contributed by atoms with Crippen molar-refractivity contribution >= 4 is 5.97 Å². The predicted molar refractivity (Wildman–Crippen MR) is 78.3 cm³/mol. The van der Waals surface area contributed by atoms with Gasteiger partial charge >= 0.3 is 5.97 Å². The van der Waals surface area contributed by atoms with Gasteiger partial charge in [0.1, 0.15) is 11.3 Å². The maximum atomic E-state index is 11.2. The molecule has 0 radical (unpaired) electrons. The summed E-state index contributed by atoms with van der Waals surface area (Å²) in [5, 5.41) is 9.22. The lowest BCUT2D eigenvalue weighted by molar-refractivity contribution is 0.0693. The third-order valence-electron chi connectivity index (χ3n) is 3.85. The third-order valence-corrected chi connectivity index (χ3v) is 3.85. The molecule has 0 amide bonds.